The van der Waals surface area contributed by atoms with Gasteiger partial charge in [-0.15, -0.1) is 0 Å². The van der Waals surface area contributed by atoms with Crippen LogP contribution in [0, 0.1) is 16.6 Å². The molecule has 5 heteroatoms. The van der Waals surface area contributed by atoms with E-state index in [1.807, 2.05) is 0 Å². The quantitative estimate of drug-likeness (QED) is 0.483. The van der Waals surface area contributed by atoms with Crippen LogP contribution in [0.2, 0.25) is 0 Å². The van der Waals surface area contributed by atoms with E-state index >= 15 is 0 Å². The summed E-state index contributed by atoms with van der Waals surface area (Å²) in [7, 11) is 0. The summed E-state index contributed by atoms with van der Waals surface area (Å²) in [6.45, 7) is 0. The van der Waals surface area contributed by atoms with Gasteiger partial charge in [-0.3, -0.25) is 4.79 Å². The van der Waals surface area contributed by atoms with E-state index < -0.39 is 5.97 Å². The standard InChI is InChI=1S/C14H15I3O2/c15-9-5-11(16)14(12(17)6-9)10(7-13(18)19)8-3-1-2-4-8/h5-6,8,10H,1-4,7H2,(H,18,19). The maximum Gasteiger partial charge on any atom is 0.303 e. The molecule has 0 aromatic heterocycles. The monoisotopic (exact) mass is 596 g/mol. The highest BCUT2D eigenvalue weighted by atomic mass is 127. The zero-order chi connectivity index (χ0) is 14.0. The highest BCUT2D eigenvalue weighted by molar-refractivity contribution is 14.1. The zero-order valence-corrected chi connectivity index (χ0v) is 16.8. The molecule has 1 fully saturated rings. The van der Waals surface area contributed by atoms with E-state index in [0.717, 1.165) is 0 Å². The summed E-state index contributed by atoms with van der Waals surface area (Å²) in [4.78, 5) is 11.2. The second kappa shape index (κ2) is 7.24. The summed E-state index contributed by atoms with van der Waals surface area (Å²) >= 11 is 7.03. The van der Waals surface area contributed by atoms with Gasteiger partial charge in [-0.05, 0) is 110 Å². The molecule has 2 nitrogen and oxygen atoms in total. The molecule has 2 rings (SSSR count). The van der Waals surface area contributed by atoms with Gasteiger partial charge in [0.05, 0.1) is 6.42 Å². The summed E-state index contributed by atoms with van der Waals surface area (Å²) in [5.74, 6) is 0.0380. The van der Waals surface area contributed by atoms with Crippen molar-refractivity contribution in [1.29, 1.82) is 0 Å². The lowest BCUT2D eigenvalue weighted by Gasteiger charge is -2.25. The first-order chi connectivity index (χ1) is 8.99. The molecule has 1 aliphatic rings. The molecule has 104 valence electrons. The van der Waals surface area contributed by atoms with Crippen molar-refractivity contribution in [3.63, 3.8) is 0 Å². The highest BCUT2D eigenvalue weighted by Gasteiger charge is 2.31. The summed E-state index contributed by atoms with van der Waals surface area (Å²) in [6.07, 6.45) is 5.11. The maximum absolute atomic E-state index is 11.2. The average molecular weight is 596 g/mol. The number of rotatable bonds is 4. The van der Waals surface area contributed by atoms with Gasteiger partial charge in [-0.25, -0.2) is 0 Å². The third-order valence-corrected chi connectivity index (χ3v) is 6.19. The molecule has 0 heterocycles. The van der Waals surface area contributed by atoms with Gasteiger partial charge in [-0.1, -0.05) is 12.8 Å². The molecule has 0 amide bonds. The number of hydrogen-bond acceptors (Lipinski definition) is 1. The van der Waals surface area contributed by atoms with Gasteiger partial charge < -0.3 is 5.11 Å². The lowest BCUT2D eigenvalue weighted by atomic mass is 9.82. The number of carbonyl (C=O) groups is 1. The molecule has 1 saturated carbocycles. The minimum Gasteiger partial charge on any atom is -0.481 e. The summed E-state index contributed by atoms with van der Waals surface area (Å²) < 4.78 is 3.65. The number of carboxylic acid groups (broad SMARTS) is 1. The highest BCUT2D eigenvalue weighted by Crippen LogP contribution is 2.42. The maximum atomic E-state index is 11.2. The Morgan fingerprint density at radius 3 is 2.21 bits per heavy atom. The van der Waals surface area contributed by atoms with Gasteiger partial charge in [0.25, 0.3) is 0 Å². The summed E-state index contributed by atoms with van der Waals surface area (Å²) in [5, 5.41) is 9.24. The van der Waals surface area contributed by atoms with Gasteiger partial charge in [0.15, 0.2) is 0 Å². The minimum atomic E-state index is -0.679. The van der Waals surface area contributed by atoms with Crippen molar-refractivity contribution in [3.05, 3.63) is 28.4 Å². The first-order valence-electron chi connectivity index (χ1n) is 6.35. The van der Waals surface area contributed by atoms with Crippen LogP contribution >= 0.6 is 67.8 Å². The van der Waals surface area contributed by atoms with Crippen molar-refractivity contribution in [2.24, 2.45) is 5.92 Å². The fourth-order valence-electron chi connectivity index (χ4n) is 2.96. The van der Waals surface area contributed by atoms with E-state index in [1.165, 1.54) is 42.0 Å². The van der Waals surface area contributed by atoms with Gasteiger partial charge >= 0.3 is 5.97 Å². The fraction of sp³-hybridized carbons (Fsp3) is 0.500. The van der Waals surface area contributed by atoms with Crippen LogP contribution in [0.3, 0.4) is 0 Å². The summed E-state index contributed by atoms with van der Waals surface area (Å²) in [6, 6.07) is 4.31. The predicted octanol–water partition coefficient (Wildman–Crippen LogP) is 5.25. The Balaban J connectivity index is 2.39. The average Bonchev–Trinajstić information content (AvgIpc) is 2.78. The lowest BCUT2D eigenvalue weighted by molar-refractivity contribution is -0.137. The number of benzene rings is 1. The largest absolute Gasteiger partial charge is 0.481 e. The van der Waals surface area contributed by atoms with Crippen molar-refractivity contribution in [3.8, 4) is 0 Å². The molecule has 1 aromatic rings. The van der Waals surface area contributed by atoms with Gasteiger partial charge in [0.2, 0.25) is 0 Å². The molecule has 0 spiro atoms. The third kappa shape index (κ3) is 4.18. The van der Waals surface area contributed by atoms with E-state index in [0.29, 0.717) is 5.92 Å². The Bertz CT molecular complexity index is 459. The second-order valence-corrected chi connectivity index (χ2v) is 8.60. The van der Waals surface area contributed by atoms with E-state index in [2.05, 4.69) is 79.9 Å². The smallest absolute Gasteiger partial charge is 0.303 e. The van der Waals surface area contributed by atoms with Crippen LogP contribution in [0.15, 0.2) is 12.1 Å². The van der Waals surface area contributed by atoms with Crippen molar-refractivity contribution >= 4 is 73.7 Å². The summed E-state index contributed by atoms with van der Waals surface area (Å²) in [5.41, 5.74) is 1.26. The molecule has 1 aromatic carbocycles. The topological polar surface area (TPSA) is 37.3 Å². The number of aliphatic carboxylic acids is 1. The SMILES string of the molecule is O=C(O)CC(c1c(I)cc(I)cc1I)C1CCCC1. The van der Waals surface area contributed by atoms with Crippen molar-refractivity contribution < 1.29 is 9.90 Å². The molecule has 0 radical (unpaired) electrons. The van der Waals surface area contributed by atoms with Crippen LogP contribution in [0.1, 0.15) is 43.6 Å². The van der Waals surface area contributed by atoms with Crippen molar-refractivity contribution in [1.82, 2.24) is 0 Å². The molecule has 1 aliphatic carbocycles. The van der Waals surface area contributed by atoms with Crippen LogP contribution in [0.5, 0.6) is 0 Å². The predicted molar refractivity (Wildman–Crippen MR) is 102 cm³/mol. The van der Waals surface area contributed by atoms with Crippen molar-refractivity contribution in [2.45, 2.75) is 38.0 Å². The molecular formula is C14H15I3O2. The van der Waals surface area contributed by atoms with Gasteiger partial charge in [0.1, 0.15) is 0 Å². The van der Waals surface area contributed by atoms with E-state index in [-0.39, 0.29) is 12.3 Å². The number of halogens is 3. The van der Waals surface area contributed by atoms with E-state index in [4.69, 9.17) is 0 Å². The number of carboxylic acids is 1. The van der Waals surface area contributed by atoms with E-state index in [9.17, 15) is 9.90 Å². The molecule has 0 aliphatic heterocycles. The lowest BCUT2D eigenvalue weighted by Crippen LogP contribution is -2.17. The molecule has 0 bridgehead atoms. The van der Waals surface area contributed by atoms with Crippen LogP contribution in [0.4, 0.5) is 0 Å². The Hall–Kier alpha value is 0.880. The normalized spacial score (nSPS) is 17.6. The third-order valence-electron chi connectivity index (χ3n) is 3.78. The van der Waals surface area contributed by atoms with Crippen LogP contribution < -0.4 is 0 Å². The minimum absolute atomic E-state index is 0.177. The Kier molecular flexibility index (Phi) is 6.19. The molecule has 0 saturated heterocycles. The van der Waals surface area contributed by atoms with Crippen molar-refractivity contribution in [2.75, 3.05) is 0 Å². The van der Waals surface area contributed by atoms with Crippen LogP contribution in [0.25, 0.3) is 0 Å². The molecular weight excluding hydrogens is 581 g/mol. The first-order valence-corrected chi connectivity index (χ1v) is 9.59. The van der Waals surface area contributed by atoms with Gasteiger partial charge in [0, 0.05) is 10.7 Å². The Labute approximate surface area is 154 Å². The Morgan fingerprint density at radius 2 is 1.74 bits per heavy atom. The Morgan fingerprint density at radius 1 is 1.21 bits per heavy atom. The fourth-order valence-corrected chi connectivity index (χ4v) is 7.34. The molecule has 19 heavy (non-hydrogen) atoms. The van der Waals surface area contributed by atoms with Crippen LogP contribution in [-0.4, -0.2) is 11.1 Å². The van der Waals surface area contributed by atoms with E-state index in [1.54, 1.807) is 0 Å². The molecule has 1 unspecified atom stereocenters. The molecule has 1 N–H and O–H groups in total. The molecule has 1 atom stereocenters. The number of hydrogen-bond donors (Lipinski definition) is 1. The van der Waals surface area contributed by atoms with Gasteiger partial charge in [-0.2, -0.15) is 0 Å². The van der Waals surface area contributed by atoms with Crippen LogP contribution in [-0.2, 0) is 4.79 Å². The first kappa shape index (κ1) is 16.3. The second-order valence-electron chi connectivity index (χ2n) is 5.03. The zero-order valence-electron chi connectivity index (χ0n) is 10.3.